The van der Waals surface area contributed by atoms with Gasteiger partial charge in [0.25, 0.3) is 11.8 Å². The summed E-state index contributed by atoms with van der Waals surface area (Å²) in [4.78, 5) is 28.3. The van der Waals surface area contributed by atoms with Crippen LogP contribution in [-0.4, -0.2) is 41.8 Å². The van der Waals surface area contributed by atoms with E-state index in [9.17, 15) is 9.59 Å². The number of fused-ring (bicyclic) bond motifs is 1. The molecule has 0 N–H and O–H groups in total. The molecule has 4 heteroatoms. The molecule has 0 aromatic heterocycles. The zero-order valence-corrected chi connectivity index (χ0v) is 14.8. The summed E-state index contributed by atoms with van der Waals surface area (Å²) >= 11 is 0. The van der Waals surface area contributed by atoms with Crippen molar-refractivity contribution in [1.82, 2.24) is 9.80 Å². The van der Waals surface area contributed by atoms with E-state index >= 15 is 0 Å². The van der Waals surface area contributed by atoms with Crippen molar-refractivity contribution in [1.29, 1.82) is 0 Å². The van der Waals surface area contributed by atoms with Gasteiger partial charge < -0.3 is 0 Å². The average Bonchev–Trinajstić information content (AvgIpc) is 2.90. The first-order chi connectivity index (χ1) is 12.1. The standard InChI is InChI=1S/C21H24N2O2/c1-16(17-10-4-3-5-11-17)22(2)14-8-9-15-23-20(24)18-12-6-7-13-19(18)21(23)25/h3-7,10-13,16H,8-9,14-15H2,1-2H3/t16-/m0/s1. The molecule has 3 rings (SSSR count). The molecular formula is C21H24N2O2. The molecule has 0 aliphatic carbocycles. The minimum absolute atomic E-state index is 0.161. The highest BCUT2D eigenvalue weighted by Gasteiger charge is 2.34. The molecule has 2 aromatic rings. The molecule has 0 saturated carbocycles. The largest absolute Gasteiger partial charge is 0.300 e. The van der Waals surface area contributed by atoms with Crippen molar-refractivity contribution >= 4 is 11.8 Å². The van der Waals surface area contributed by atoms with Crippen LogP contribution in [0.5, 0.6) is 0 Å². The quantitative estimate of drug-likeness (QED) is 0.571. The van der Waals surface area contributed by atoms with E-state index in [2.05, 4.69) is 43.1 Å². The predicted molar refractivity (Wildman–Crippen MR) is 98.5 cm³/mol. The lowest BCUT2D eigenvalue weighted by Gasteiger charge is -2.25. The molecule has 1 heterocycles. The third-order valence-corrected chi connectivity index (χ3v) is 4.96. The van der Waals surface area contributed by atoms with Gasteiger partial charge in [0.1, 0.15) is 0 Å². The number of carbonyl (C=O) groups is 2. The van der Waals surface area contributed by atoms with Crippen molar-refractivity contribution in [3.05, 3.63) is 71.3 Å². The van der Waals surface area contributed by atoms with Gasteiger partial charge in [-0.1, -0.05) is 42.5 Å². The monoisotopic (exact) mass is 336 g/mol. The van der Waals surface area contributed by atoms with Gasteiger partial charge in [-0.2, -0.15) is 0 Å². The van der Waals surface area contributed by atoms with Gasteiger partial charge in [0.15, 0.2) is 0 Å². The molecule has 0 bridgehead atoms. The summed E-state index contributed by atoms with van der Waals surface area (Å²) in [6.07, 6.45) is 1.76. The second-order valence-corrected chi connectivity index (χ2v) is 6.58. The minimum atomic E-state index is -0.161. The average molecular weight is 336 g/mol. The molecule has 0 saturated heterocycles. The first-order valence-electron chi connectivity index (χ1n) is 8.80. The molecule has 2 amide bonds. The van der Waals surface area contributed by atoms with Crippen molar-refractivity contribution in [2.45, 2.75) is 25.8 Å². The number of hydrogen-bond donors (Lipinski definition) is 0. The molecule has 130 valence electrons. The zero-order valence-electron chi connectivity index (χ0n) is 14.8. The Bertz CT molecular complexity index is 723. The van der Waals surface area contributed by atoms with Crippen LogP contribution in [0.25, 0.3) is 0 Å². The lowest BCUT2D eigenvalue weighted by atomic mass is 10.1. The smallest absolute Gasteiger partial charge is 0.261 e. The second kappa shape index (κ2) is 7.62. The summed E-state index contributed by atoms with van der Waals surface area (Å²) in [6.45, 7) is 3.61. The number of imide groups is 1. The topological polar surface area (TPSA) is 40.6 Å². The molecule has 2 aromatic carbocycles. The number of hydrogen-bond acceptors (Lipinski definition) is 3. The highest BCUT2D eigenvalue weighted by atomic mass is 16.2. The fourth-order valence-corrected chi connectivity index (χ4v) is 3.25. The summed E-state index contributed by atoms with van der Waals surface area (Å²) < 4.78 is 0. The van der Waals surface area contributed by atoms with E-state index in [1.165, 1.54) is 10.5 Å². The van der Waals surface area contributed by atoms with Crippen LogP contribution in [0.2, 0.25) is 0 Å². The molecule has 1 aliphatic rings. The van der Waals surface area contributed by atoms with Gasteiger partial charge >= 0.3 is 0 Å². The Balaban J connectivity index is 1.48. The van der Waals surface area contributed by atoms with Gasteiger partial charge in [0.05, 0.1) is 11.1 Å². The molecular weight excluding hydrogens is 312 g/mol. The van der Waals surface area contributed by atoms with Crippen LogP contribution in [0.15, 0.2) is 54.6 Å². The maximum atomic E-state index is 12.3. The number of amides is 2. The van der Waals surface area contributed by atoms with Crippen LogP contribution in [-0.2, 0) is 0 Å². The minimum Gasteiger partial charge on any atom is -0.300 e. The van der Waals surface area contributed by atoms with Gasteiger partial charge in [-0.05, 0) is 51.1 Å². The zero-order chi connectivity index (χ0) is 17.8. The van der Waals surface area contributed by atoms with Gasteiger partial charge in [-0.25, -0.2) is 0 Å². The van der Waals surface area contributed by atoms with E-state index in [0.717, 1.165) is 19.4 Å². The van der Waals surface area contributed by atoms with E-state index in [4.69, 9.17) is 0 Å². The molecule has 4 nitrogen and oxygen atoms in total. The molecule has 0 unspecified atom stereocenters. The highest BCUT2D eigenvalue weighted by molar-refractivity contribution is 6.21. The number of nitrogens with zero attached hydrogens (tertiary/aromatic N) is 2. The van der Waals surface area contributed by atoms with Crippen LogP contribution < -0.4 is 0 Å². The Kier molecular flexibility index (Phi) is 5.29. The molecule has 0 radical (unpaired) electrons. The van der Waals surface area contributed by atoms with Crippen molar-refractivity contribution in [2.24, 2.45) is 0 Å². The summed E-state index contributed by atoms with van der Waals surface area (Å²) in [5, 5.41) is 0. The summed E-state index contributed by atoms with van der Waals surface area (Å²) in [5.41, 5.74) is 2.36. The summed E-state index contributed by atoms with van der Waals surface area (Å²) in [6, 6.07) is 17.8. The summed E-state index contributed by atoms with van der Waals surface area (Å²) in [7, 11) is 2.11. The second-order valence-electron chi connectivity index (χ2n) is 6.58. The van der Waals surface area contributed by atoms with Crippen molar-refractivity contribution in [2.75, 3.05) is 20.1 Å². The third kappa shape index (κ3) is 3.64. The lowest BCUT2D eigenvalue weighted by molar-refractivity contribution is 0.0650. The maximum absolute atomic E-state index is 12.3. The maximum Gasteiger partial charge on any atom is 0.261 e. The van der Waals surface area contributed by atoms with Crippen LogP contribution >= 0.6 is 0 Å². The fourth-order valence-electron chi connectivity index (χ4n) is 3.25. The Labute approximate surface area is 149 Å². The fraction of sp³-hybridized carbons (Fsp3) is 0.333. The molecule has 0 fully saturated rings. The highest BCUT2D eigenvalue weighted by Crippen LogP contribution is 2.23. The summed E-state index contributed by atoms with van der Waals surface area (Å²) in [5.74, 6) is -0.321. The van der Waals surface area contributed by atoms with E-state index in [0.29, 0.717) is 23.7 Å². The normalized spacial score (nSPS) is 14.9. The van der Waals surface area contributed by atoms with E-state index in [1.54, 1.807) is 24.3 Å². The van der Waals surface area contributed by atoms with Gasteiger partial charge in [-0.15, -0.1) is 0 Å². The number of rotatable bonds is 7. The molecule has 25 heavy (non-hydrogen) atoms. The molecule has 1 atom stereocenters. The first kappa shape index (κ1) is 17.4. The van der Waals surface area contributed by atoms with E-state index in [-0.39, 0.29) is 11.8 Å². The Morgan fingerprint density at radius 3 is 2.04 bits per heavy atom. The predicted octanol–water partition coefficient (Wildman–Crippen LogP) is 3.76. The molecule has 0 spiro atoms. The Hall–Kier alpha value is -2.46. The van der Waals surface area contributed by atoms with Gasteiger partial charge in [0, 0.05) is 12.6 Å². The van der Waals surface area contributed by atoms with Gasteiger partial charge in [0.2, 0.25) is 0 Å². The van der Waals surface area contributed by atoms with Crippen LogP contribution in [0.4, 0.5) is 0 Å². The molecule has 1 aliphatic heterocycles. The van der Waals surface area contributed by atoms with E-state index < -0.39 is 0 Å². The Morgan fingerprint density at radius 2 is 1.44 bits per heavy atom. The van der Waals surface area contributed by atoms with Crippen molar-refractivity contribution in [3.63, 3.8) is 0 Å². The van der Waals surface area contributed by atoms with Crippen molar-refractivity contribution in [3.8, 4) is 0 Å². The Morgan fingerprint density at radius 1 is 0.880 bits per heavy atom. The van der Waals surface area contributed by atoms with Crippen LogP contribution in [0.1, 0.15) is 52.1 Å². The first-order valence-corrected chi connectivity index (χ1v) is 8.80. The lowest BCUT2D eigenvalue weighted by Crippen LogP contribution is -2.31. The third-order valence-electron chi connectivity index (χ3n) is 4.96. The van der Waals surface area contributed by atoms with Crippen LogP contribution in [0, 0.1) is 0 Å². The van der Waals surface area contributed by atoms with Gasteiger partial charge in [-0.3, -0.25) is 19.4 Å². The SMILES string of the molecule is C[C@@H](c1ccccc1)N(C)CCCCN1C(=O)c2ccccc2C1=O. The van der Waals surface area contributed by atoms with Crippen molar-refractivity contribution < 1.29 is 9.59 Å². The van der Waals surface area contributed by atoms with E-state index in [1.807, 2.05) is 6.07 Å². The van der Waals surface area contributed by atoms with Crippen LogP contribution in [0.3, 0.4) is 0 Å². The number of benzene rings is 2. The number of carbonyl (C=O) groups excluding carboxylic acids is 2. The number of unbranched alkanes of at least 4 members (excludes halogenated alkanes) is 1.